The minimum Gasteiger partial charge on any atom is -0.357 e. The Balaban J connectivity index is 2.29. The zero-order chi connectivity index (χ0) is 19.3. The van der Waals surface area contributed by atoms with Gasteiger partial charge in [-0.15, -0.1) is 5.10 Å². The van der Waals surface area contributed by atoms with Gasteiger partial charge >= 0.3 is 5.69 Å². The number of nitrogens with zero attached hydrogens (tertiary/aromatic N) is 3. The SMILES string of the molecule is CCCc1nn(-c2ccc(Cl)cc2)c(=O)n1CC(=O)N[C@@H](C)C(=O)NC. The number of halogens is 1. The van der Waals surface area contributed by atoms with Crippen LogP contribution in [0.15, 0.2) is 29.1 Å². The van der Waals surface area contributed by atoms with E-state index in [2.05, 4.69) is 15.7 Å². The Morgan fingerprint density at radius 3 is 2.50 bits per heavy atom. The second-order valence-corrected chi connectivity index (χ2v) is 6.26. The van der Waals surface area contributed by atoms with Gasteiger partial charge in [0.05, 0.1) is 5.69 Å². The number of likely N-dealkylation sites (N-methyl/N-ethyl adjacent to an activating group) is 1. The van der Waals surface area contributed by atoms with Gasteiger partial charge in [0.25, 0.3) is 0 Å². The van der Waals surface area contributed by atoms with Crippen LogP contribution in [0.1, 0.15) is 26.1 Å². The highest BCUT2D eigenvalue weighted by Gasteiger charge is 2.19. The van der Waals surface area contributed by atoms with Crippen molar-refractivity contribution >= 4 is 23.4 Å². The number of carbonyl (C=O) groups excluding carboxylic acids is 2. The summed E-state index contributed by atoms with van der Waals surface area (Å²) in [7, 11) is 1.49. The van der Waals surface area contributed by atoms with E-state index in [9.17, 15) is 14.4 Å². The van der Waals surface area contributed by atoms with E-state index in [0.29, 0.717) is 23.0 Å². The third kappa shape index (κ3) is 4.51. The van der Waals surface area contributed by atoms with Crippen LogP contribution in [-0.4, -0.2) is 39.3 Å². The molecule has 9 heteroatoms. The van der Waals surface area contributed by atoms with E-state index in [0.717, 1.165) is 6.42 Å². The molecule has 1 heterocycles. The minimum atomic E-state index is -0.691. The van der Waals surface area contributed by atoms with Crippen molar-refractivity contribution in [2.24, 2.45) is 0 Å². The maximum atomic E-state index is 12.7. The Morgan fingerprint density at radius 2 is 1.92 bits per heavy atom. The fourth-order valence-corrected chi connectivity index (χ4v) is 2.59. The lowest BCUT2D eigenvalue weighted by Gasteiger charge is -2.12. The molecule has 0 aliphatic carbocycles. The molecule has 1 aromatic carbocycles. The van der Waals surface area contributed by atoms with Gasteiger partial charge in [-0.25, -0.2) is 4.79 Å². The maximum Gasteiger partial charge on any atom is 0.351 e. The molecular formula is C17H22ClN5O3. The summed E-state index contributed by atoms with van der Waals surface area (Å²) in [6.45, 7) is 3.33. The number of nitrogens with one attached hydrogen (secondary N) is 2. The molecule has 0 unspecified atom stereocenters. The minimum absolute atomic E-state index is 0.205. The smallest absolute Gasteiger partial charge is 0.351 e. The van der Waals surface area contributed by atoms with Crippen molar-refractivity contribution in [1.82, 2.24) is 25.0 Å². The van der Waals surface area contributed by atoms with Crippen molar-refractivity contribution in [3.05, 3.63) is 45.6 Å². The highest BCUT2D eigenvalue weighted by atomic mass is 35.5. The molecule has 1 aromatic heterocycles. The van der Waals surface area contributed by atoms with Crippen molar-refractivity contribution < 1.29 is 9.59 Å². The average molecular weight is 380 g/mol. The van der Waals surface area contributed by atoms with E-state index < -0.39 is 17.6 Å². The van der Waals surface area contributed by atoms with Crippen LogP contribution in [0.2, 0.25) is 5.02 Å². The number of aromatic nitrogens is 3. The summed E-state index contributed by atoms with van der Waals surface area (Å²) >= 11 is 5.88. The lowest BCUT2D eigenvalue weighted by Crippen LogP contribution is -2.45. The Morgan fingerprint density at radius 1 is 1.27 bits per heavy atom. The third-order valence-electron chi connectivity index (χ3n) is 3.80. The number of carbonyl (C=O) groups is 2. The van der Waals surface area contributed by atoms with Crippen LogP contribution in [0.4, 0.5) is 0 Å². The summed E-state index contributed by atoms with van der Waals surface area (Å²) < 4.78 is 2.57. The van der Waals surface area contributed by atoms with Gasteiger partial charge in [0, 0.05) is 18.5 Å². The normalized spacial score (nSPS) is 11.8. The molecule has 0 aliphatic heterocycles. The predicted octanol–water partition coefficient (Wildman–Crippen LogP) is 0.891. The lowest BCUT2D eigenvalue weighted by atomic mass is 10.3. The first-order chi connectivity index (χ1) is 12.4. The van der Waals surface area contributed by atoms with Gasteiger partial charge in [-0.1, -0.05) is 18.5 Å². The topological polar surface area (TPSA) is 98.0 Å². The van der Waals surface area contributed by atoms with E-state index in [4.69, 9.17) is 11.6 Å². The van der Waals surface area contributed by atoms with Gasteiger partial charge in [0.15, 0.2) is 0 Å². The summed E-state index contributed by atoms with van der Waals surface area (Å²) in [6, 6.07) is 6.01. The zero-order valence-corrected chi connectivity index (χ0v) is 15.7. The number of hydrogen-bond acceptors (Lipinski definition) is 4. The van der Waals surface area contributed by atoms with E-state index >= 15 is 0 Å². The van der Waals surface area contributed by atoms with Crippen LogP contribution in [0.3, 0.4) is 0 Å². The molecule has 1 atom stereocenters. The number of rotatable bonds is 7. The molecule has 2 aromatic rings. The third-order valence-corrected chi connectivity index (χ3v) is 4.05. The van der Waals surface area contributed by atoms with Crippen molar-refractivity contribution in [3.63, 3.8) is 0 Å². The molecule has 2 rings (SSSR count). The van der Waals surface area contributed by atoms with Crippen LogP contribution in [0.25, 0.3) is 5.69 Å². The summed E-state index contributed by atoms with van der Waals surface area (Å²) in [4.78, 5) is 36.5. The molecule has 2 amide bonds. The van der Waals surface area contributed by atoms with E-state index in [-0.39, 0.29) is 12.5 Å². The van der Waals surface area contributed by atoms with Crippen LogP contribution in [0, 0.1) is 0 Å². The lowest BCUT2D eigenvalue weighted by molar-refractivity contribution is -0.128. The Kier molecular flexibility index (Phi) is 6.57. The highest BCUT2D eigenvalue weighted by Crippen LogP contribution is 2.12. The van der Waals surface area contributed by atoms with Crippen LogP contribution in [0.5, 0.6) is 0 Å². The Bertz CT molecular complexity index is 841. The van der Waals surface area contributed by atoms with Gasteiger partial charge in [-0.3, -0.25) is 14.2 Å². The molecule has 0 fully saturated rings. The van der Waals surface area contributed by atoms with Gasteiger partial charge in [-0.2, -0.15) is 4.68 Å². The molecule has 0 bridgehead atoms. The predicted molar refractivity (Wildman–Crippen MR) is 98.5 cm³/mol. The molecule has 0 spiro atoms. The molecule has 0 radical (unpaired) electrons. The quantitative estimate of drug-likeness (QED) is 0.746. The standard InChI is InChI=1S/C17H22ClN5O3/c1-4-5-14-21-23(13-8-6-12(18)7-9-13)17(26)22(14)10-15(24)20-11(2)16(25)19-3/h6-9,11H,4-5,10H2,1-3H3,(H,19,25)(H,20,24)/t11-/m0/s1. The van der Waals surface area contributed by atoms with Crippen LogP contribution >= 0.6 is 11.6 Å². The molecule has 0 saturated carbocycles. The summed E-state index contributed by atoms with van der Waals surface area (Å²) in [6.07, 6.45) is 1.32. The number of amides is 2. The average Bonchev–Trinajstić information content (AvgIpc) is 2.91. The van der Waals surface area contributed by atoms with Crippen molar-refractivity contribution in [2.75, 3.05) is 7.05 Å². The summed E-state index contributed by atoms with van der Waals surface area (Å²) in [5, 5.41) is 9.93. The Labute approximate surface area is 156 Å². The Hall–Kier alpha value is -2.61. The molecule has 26 heavy (non-hydrogen) atoms. The van der Waals surface area contributed by atoms with Crippen LogP contribution in [-0.2, 0) is 22.6 Å². The molecular weight excluding hydrogens is 358 g/mol. The number of benzene rings is 1. The molecule has 8 nitrogen and oxygen atoms in total. The van der Waals surface area contributed by atoms with Gasteiger partial charge in [-0.05, 0) is 37.6 Å². The first kappa shape index (κ1) is 19.7. The van der Waals surface area contributed by atoms with E-state index in [1.54, 1.807) is 31.2 Å². The summed E-state index contributed by atoms with van der Waals surface area (Å²) in [5.41, 5.74) is 0.146. The first-order valence-electron chi connectivity index (χ1n) is 8.33. The second-order valence-electron chi connectivity index (χ2n) is 5.83. The molecule has 0 aliphatic rings. The molecule has 0 saturated heterocycles. The second kappa shape index (κ2) is 8.66. The van der Waals surface area contributed by atoms with Gasteiger partial charge < -0.3 is 10.6 Å². The fraction of sp³-hybridized carbons (Fsp3) is 0.412. The molecule has 2 N–H and O–H groups in total. The van der Waals surface area contributed by atoms with Crippen molar-refractivity contribution in [1.29, 1.82) is 0 Å². The number of aryl methyl sites for hydroxylation is 1. The van der Waals surface area contributed by atoms with E-state index in [1.807, 2.05) is 6.92 Å². The largest absolute Gasteiger partial charge is 0.357 e. The number of hydrogen-bond donors (Lipinski definition) is 2. The highest BCUT2D eigenvalue weighted by molar-refractivity contribution is 6.30. The van der Waals surface area contributed by atoms with Crippen molar-refractivity contribution in [3.8, 4) is 5.69 Å². The fourth-order valence-electron chi connectivity index (χ4n) is 2.47. The van der Waals surface area contributed by atoms with E-state index in [1.165, 1.54) is 16.3 Å². The maximum absolute atomic E-state index is 12.7. The van der Waals surface area contributed by atoms with Gasteiger partial charge in [0.2, 0.25) is 11.8 Å². The first-order valence-corrected chi connectivity index (χ1v) is 8.70. The zero-order valence-electron chi connectivity index (χ0n) is 15.0. The monoisotopic (exact) mass is 379 g/mol. The van der Waals surface area contributed by atoms with Crippen LogP contribution < -0.4 is 16.3 Å². The van der Waals surface area contributed by atoms with Crippen molar-refractivity contribution in [2.45, 2.75) is 39.3 Å². The van der Waals surface area contributed by atoms with Gasteiger partial charge in [0.1, 0.15) is 18.4 Å². The molecule has 140 valence electrons. The summed E-state index contributed by atoms with van der Waals surface area (Å²) in [5.74, 6) is -0.234.